The molecule has 2 rings (SSSR count). The number of anilines is 2. The van der Waals surface area contributed by atoms with Crippen LogP contribution in [0.15, 0.2) is 48.5 Å². The van der Waals surface area contributed by atoms with Crippen LogP contribution in [0.5, 0.6) is 0 Å². The number of carbonyl (C=O) groups is 2. The Morgan fingerprint density at radius 1 is 0.889 bits per heavy atom. The average molecular weight is 379 g/mol. The molecule has 0 fully saturated rings. The van der Waals surface area contributed by atoms with E-state index in [0.29, 0.717) is 5.56 Å². The van der Waals surface area contributed by atoms with Gasteiger partial charge >= 0.3 is 12.2 Å². The van der Waals surface area contributed by atoms with Crippen LogP contribution >= 0.6 is 0 Å². The number of benzene rings is 2. The first-order valence-corrected chi connectivity index (χ1v) is 8.12. The Morgan fingerprint density at radius 3 is 2.07 bits per heavy atom. The van der Waals surface area contributed by atoms with Crippen LogP contribution in [0.25, 0.3) is 0 Å². The largest absolute Gasteiger partial charge is 0.418 e. The molecule has 2 aromatic rings. The van der Waals surface area contributed by atoms with Crippen LogP contribution < -0.4 is 16.0 Å². The van der Waals surface area contributed by atoms with Crippen LogP contribution in [-0.4, -0.2) is 17.5 Å². The van der Waals surface area contributed by atoms with Crippen molar-refractivity contribution < 1.29 is 22.8 Å². The summed E-state index contributed by atoms with van der Waals surface area (Å²) in [5, 5.41) is 7.15. The zero-order chi connectivity index (χ0) is 20.2. The second-order valence-electron chi connectivity index (χ2n) is 6.91. The van der Waals surface area contributed by atoms with Crippen LogP contribution in [0.3, 0.4) is 0 Å². The van der Waals surface area contributed by atoms with Crippen LogP contribution in [-0.2, 0) is 6.18 Å². The molecule has 3 amide bonds. The van der Waals surface area contributed by atoms with E-state index in [0.717, 1.165) is 12.1 Å². The van der Waals surface area contributed by atoms with Crippen LogP contribution in [0.2, 0.25) is 0 Å². The van der Waals surface area contributed by atoms with Gasteiger partial charge in [0.1, 0.15) is 0 Å². The fourth-order valence-electron chi connectivity index (χ4n) is 2.25. The summed E-state index contributed by atoms with van der Waals surface area (Å²) in [6.07, 6.45) is -4.71. The number of amides is 3. The Kier molecular flexibility index (Phi) is 5.78. The molecule has 0 atom stereocenters. The SMILES string of the molecule is CC(C)(C)NC(=O)Nc1ccc(NC(=O)c2ccccc2)cc1C(F)(F)F. The van der Waals surface area contributed by atoms with E-state index in [9.17, 15) is 22.8 Å². The van der Waals surface area contributed by atoms with Crippen molar-refractivity contribution in [1.82, 2.24) is 5.32 Å². The van der Waals surface area contributed by atoms with Gasteiger partial charge in [-0.25, -0.2) is 4.79 Å². The van der Waals surface area contributed by atoms with Crippen molar-refractivity contribution in [3.05, 3.63) is 59.7 Å². The van der Waals surface area contributed by atoms with E-state index >= 15 is 0 Å². The normalized spacial score (nSPS) is 11.6. The number of halogens is 3. The summed E-state index contributed by atoms with van der Waals surface area (Å²) >= 11 is 0. The predicted molar refractivity (Wildman–Crippen MR) is 97.7 cm³/mol. The van der Waals surface area contributed by atoms with Gasteiger partial charge in [-0.3, -0.25) is 4.79 Å². The lowest BCUT2D eigenvalue weighted by Crippen LogP contribution is -2.43. The molecule has 3 N–H and O–H groups in total. The lowest BCUT2D eigenvalue weighted by Gasteiger charge is -2.22. The molecule has 0 aliphatic carbocycles. The van der Waals surface area contributed by atoms with Gasteiger partial charge in [0, 0.05) is 16.8 Å². The molecule has 0 saturated heterocycles. The zero-order valence-corrected chi connectivity index (χ0v) is 15.1. The summed E-state index contributed by atoms with van der Waals surface area (Å²) in [5.74, 6) is -0.532. The number of hydrogen-bond donors (Lipinski definition) is 3. The van der Waals surface area contributed by atoms with Gasteiger partial charge in [0.2, 0.25) is 0 Å². The first kappa shape index (κ1) is 20.3. The Labute approximate surface area is 155 Å². The van der Waals surface area contributed by atoms with Crippen LogP contribution in [0.1, 0.15) is 36.7 Å². The van der Waals surface area contributed by atoms with E-state index in [2.05, 4.69) is 16.0 Å². The molecule has 0 bridgehead atoms. The second kappa shape index (κ2) is 7.69. The van der Waals surface area contributed by atoms with E-state index in [1.165, 1.54) is 6.07 Å². The summed E-state index contributed by atoms with van der Waals surface area (Å²) in [4.78, 5) is 24.0. The lowest BCUT2D eigenvalue weighted by molar-refractivity contribution is -0.136. The molecular formula is C19H20F3N3O2. The molecule has 0 spiro atoms. The molecular weight excluding hydrogens is 359 g/mol. The molecule has 144 valence electrons. The smallest absolute Gasteiger partial charge is 0.333 e. The molecule has 0 unspecified atom stereocenters. The minimum Gasteiger partial charge on any atom is -0.333 e. The fraction of sp³-hybridized carbons (Fsp3) is 0.263. The van der Waals surface area contributed by atoms with Crippen molar-refractivity contribution in [3.8, 4) is 0 Å². The standard InChI is InChI=1S/C19H20F3N3O2/c1-18(2,3)25-17(27)24-15-10-9-13(11-14(15)19(20,21)22)23-16(26)12-7-5-4-6-8-12/h4-11H,1-3H3,(H,23,26)(H2,24,25,27). The molecule has 0 heterocycles. The molecule has 0 aliphatic heterocycles. The third kappa shape index (κ3) is 6.02. The van der Waals surface area contributed by atoms with E-state index in [1.54, 1.807) is 51.1 Å². The zero-order valence-electron chi connectivity index (χ0n) is 15.1. The Balaban J connectivity index is 2.25. The van der Waals surface area contributed by atoms with E-state index < -0.39 is 34.9 Å². The number of rotatable bonds is 3. The number of nitrogens with one attached hydrogen (secondary N) is 3. The van der Waals surface area contributed by atoms with Gasteiger partial charge in [0.25, 0.3) is 5.91 Å². The number of alkyl halides is 3. The molecule has 5 nitrogen and oxygen atoms in total. The van der Waals surface area contributed by atoms with Crippen molar-refractivity contribution in [2.45, 2.75) is 32.5 Å². The first-order chi connectivity index (χ1) is 12.5. The Morgan fingerprint density at radius 2 is 1.52 bits per heavy atom. The summed E-state index contributed by atoms with van der Waals surface area (Å²) in [6, 6.07) is 10.5. The first-order valence-electron chi connectivity index (χ1n) is 8.12. The third-order valence-corrected chi connectivity index (χ3v) is 3.36. The van der Waals surface area contributed by atoms with E-state index in [1.807, 2.05) is 0 Å². The minimum atomic E-state index is -4.71. The maximum Gasteiger partial charge on any atom is 0.418 e. The maximum atomic E-state index is 13.4. The molecule has 0 aromatic heterocycles. The van der Waals surface area contributed by atoms with Crippen molar-refractivity contribution >= 4 is 23.3 Å². The average Bonchev–Trinajstić information content (AvgIpc) is 2.54. The third-order valence-electron chi connectivity index (χ3n) is 3.36. The Bertz CT molecular complexity index is 828. The van der Waals surface area contributed by atoms with Gasteiger partial charge in [-0.05, 0) is 51.1 Å². The molecule has 0 aliphatic rings. The predicted octanol–water partition coefficient (Wildman–Crippen LogP) is 4.88. The summed E-state index contributed by atoms with van der Waals surface area (Å²) in [6.45, 7) is 5.12. The highest BCUT2D eigenvalue weighted by atomic mass is 19.4. The van der Waals surface area contributed by atoms with Gasteiger partial charge in [-0.2, -0.15) is 13.2 Å². The van der Waals surface area contributed by atoms with Gasteiger partial charge in [0.05, 0.1) is 11.3 Å². The monoisotopic (exact) mass is 379 g/mol. The van der Waals surface area contributed by atoms with Crippen molar-refractivity contribution in [2.24, 2.45) is 0 Å². The van der Waals surface area contributed by atoms with Crippen LogP contribution in [0.4, 0.5) is 29.3 Å². The second-order valence-corrected chi connectivity index (χ2v) is 6.91. The van der Waals surface area contributed by atoms with Gasteiger partial charge in [-0.1, -0.05) is 18.2 Å². The van der Waals surface area contributed by atoms with Gasteiger partial charge < -0.3 is 16.0 Å². The highest BCUT2D eigenvalue weighted by molar-refractivity contribution is 6.04. The summed E-state index contributed by atoms with van der Waals surface area (Å²) in [5.41, 5.74) is -1.78. The number of urea groups is 1. The van der Waals surface area contributed by atoms with E-state index in [4.69, 9.17) is 0 Å². The van der Waals surface area contributed by atoms with E-state index in [-0.39, 0.29) is 5.69 Å². The lowest BCUT2D eigenvalue weighted by atomic mass is 10.1. The highest BCUT2D eigenvalue weighted by Crippen LogP contribution is 2.36. The fourth-order valence-corrected chi connectivity index (χ4v) is 2.25. The van der Waals surface area contributed by atoms with Crippen molar-refractivity contribution in [1.29, 1.82) is 0 Å². The molecule has 8 heteroatoms. The van der Waals surface area contributed by atoms with Crippen molar-refractivity contribution in [2.75, 3.05) is 10.6 Å². The topological polar surface area (TPSA) is 70.2 Å². The highest BCUT2D eigenvalue weighted by Gasteiger charge is 2.34. The van der Waals surface area contributed by atoms with Crippen molar-refractivity contribution in [3.63, 3.8) is 0 Å². The van der Waals surface area contributed by atoms with Gasteiger partial charge in [0.15, 0.2) is 0 Å². The number of carbonyl (C=O) groups excluding carboxylic acids is 2. The molecule has 0 saturated carbocycles. The minimum absolute atomic E-state index is 0.0297. The molecule has 2 aromatic carbocycles. The maximum absolute atomic E-state index is 13.4. The summed E-state index contributed by atoms with van der Waals surface area (Å²) in [7, 11) is 0. The summed E-state index contributed by atoms with van der Waals surface area (Å²) < 4.78 is 40.2. The van der Waals surface area contributed by atoms with Crippen LogP contribution in [0, 0.1) is 0 Å². The quantitative estimate of drug-likeness (QED) is 0.711. The number of hydrogen-bond acceptors (Lipinski definition) is 2. The molecule has 27 heavy (non-hydrogen) atoms. The Hall–Kier alpha value is -3.03. The van der Waals surface area contributed by atoms with Gasteiger partial charge in [-0.15, -0.1) is 0 Å². The molecule has 0 radical (unpaired) electrons.